The third-order valence-electron chi connectivity index (χ3n) is 4.48. The van der Waals surface area contributed by atoms with Gasteiger partial charge in [-0.15, -0.1) is 0 Å². The summed E-state index contributed by atoms with van der Waals surface area (Å²) in [5, 5.41) is 6.32. The number of nitrogens with zero attached hydrogens (tertiary/aromatic N) is 2. The number of rotatable bonds is 7. The molecule has 0 aliphatic rings. The number of benzene rings is 2. The zero-order valence-corrected chi connectivity index (χ0v) is 18.7. The van der Waals surface area contributed by atoms with Crippen LogP contribution in [-0.4, -0.2) is 24.9 Å². The molecule has 1 heterocycles. The second kappa shape index (κ2) is 8.71. The molecule has 1 aromatic heterocycles. The van der Waals surface area contributed by atoms with Gasteiger partial charge in [-0.2, -0.15) is 4.98 Å². The van der Waals surface area contributed by atoms with Crippen LogP contribution in [0.2, 0.25) is 0 Å². The van der Waals surface area contributed by atoms with E-state index in [1.165, 1.54) is 0 Å². The normalized spacial score (nSPS) is 11.2. The first-order valence-corrected chi connectivity index (χ1v) is 11.2. The molecule has 0 saturated carbocycles. The molecule has 0 radical (unpaired) electrons. The first-order valence-electron chi connectivity index (χ1n) is 9.75. The first-order chi connectivity index (χ1) is 14.2. The molecule has 8 heteroatoms. The highest BCUT2D eigenvalue weighted by Gasteiger charge is 2.20. The van der Waals surface area contributed by atoms with E-state index in [-0.39, 0.29) is 0 Å². The summed E-state index contributed by atoms with van der Waals surface area (Å²) < 4.78 is 28.5. The van der Waals surface area contributed by atoms with E-state index in [1.807, 2.05) is 52.8 Å². The van der Waals surface area contributed by atoms with E-state index < -0.39 is 10.0 Å². The van der Waals surface area contributed by atoms with Crippen LogP contribution in [0.1, 0.15) is 29.3 Å². The zero-order chi connectivity index (χ0) is 21.9. The number of hydrogen-bond donors (Lipinski definition) is 3. The maximum Gasteiger partial charge on any atom is 0.262 e. The van der Waals surface area contributed by atoms with Gasteiger partial charge in [-0.25, -0.2) is 13.4 Å². The van der Waals surface area contributed by atoms with Gasteiger partial charge in [0.25, 0.3) is 10.0 Å². The monoisotopic (exact) mass is 425 g/mol. The van der Waals surface area contributed by atoms with Gasteiger partial charge in [-0.3, -0.25) is 4.72 Å². The number of hydrogen-bond acceptors (Lipinski definition) is 6. The highest BCUT2D eigenvalue weighted by Crippen LogP contribution is 2.25. The Morgan fingerprint density at radius 3 is 2.07 bits per heavy atom. The fourth-order valence-electron chi connectivity index (χ4n) is 3.44. The third-order valence-corrected chi connectivity index (χ3v) is 6.16. The Balaban J connectivity index is 1.78. The van der Waals surface area contributed by atoms with Crippen molar-refractivity contribution in [2.45, 2.75) is 39.5 Å². The Bertz CT molecular complexity index is 1140. The molecule has 0 spiro atoms. The standard InChI is InChI=1S/C22H27N5O2S/c1-6-23-20-13-17(5)24-22(26-20)25-18-7-9-19(10-8-18)27-30(28,29)21-15(3)11-14(2)12-16(21)4/h7-13,27H,6H2,1-5H3,(H2,23,24,25,26). The van der Waals surface area contributed by atoms with Crippen LogP contribution in [0.5, 0.6) is 0 Å². The van der Waals surface area contributed by atoms with Gasteiger partial charge in [0.15, 0.2) is 0 Å². The molecule has 3 aromatic rings. The third kappa shape index (κ3) is 5.07. The van der Waals surface area contributed by atoms with Crippen molar-refractivity contribution in [3.05, 3.63) is 64.8 Å². The maximum atomic E-state index is 12.9. The molecule has 7 nitrogen and oxygen atoms in total. The summed E-state index contributed by atoms with van der Waals surface area (Å²) in [7, 11) is -3.68. The minimum atomic E-state index is -3.68. The van der Waals surface area contributed by atoms with Gasteiger partial charge in [-0.05, 0) is 70.0 Å². The highest BCUT2D eigenvalue weighted by atomic mass is 32.2. The van der Waals surface area contributed by atoms with Crippen LogP contribution in [0.3, 0.4) is 0 Å². The van der Waals surface area contributed by atoms with Crippen molar-refractivity contribution < 1.29 is 8.42 Å². The lowest BCUT2D eigenvalue weighted by molar-refractivity contribution is 0.600. The lowest BCUT2D eigenvalue weighted by Crippen LogP contribution is -2.16. The molecule has 3 N–H and O–H groups in total. The van der Waals surface area contributed by atoms with Crippen LogP contribution in [0.15, 0.2) is 47.4 Å². The van der Waals surface area contributed by atoms with Gasteiger partial charge in [0.2, 0.25) is 5.95 Å². The average molecular weight is 426 g/mol. The van der Waals surface area contributed by atoms with Crippen LogP contribution >= 0.6 is 0 Å². The van der Waals surface area contributed by atoms with Crippen molar-refractivity contribution in [2.24, 2.45) is 0 Å². The topological polar surface area (TPSA) is 96.0 Å². The maximum absolute atomic E-state index is 12.9. The summed E-state index contributed by atoms with van der Waals surface area (Å²) in [6, 6.07) is 12.6. The number of sulfonamides is 1. The summed E-state index contributed by atoms with van der Waals surface area (Å²) in [6.45, 7) is 10.3. The van der Waals surface area contributed by atoms with Crippen molar-refractivity contribution >= 4 is 33.2 Å². The van der Waals surface area contributed by atoms with Crippen LogP contribution in [0, 0.1) is 27.7 Å². The Hall–Kier alpha value is -3.13. The van der Waals surface area contributed by atoms with Crippen LogP contribution in [-0.2, 0) is 10.0 Å². The van der Waals surface area contributed by atoms with E-state index in [2.05, 4.69) is 25.3 Å². The van der Waals surface area contributed by atoms with Crippen LogP contribution < -0.4 is 15.4 Å². The predicted octanol–water partition coefficient (Wildman–Crippen LogP) is 4.69. The molecule has 0 saturated heterocycles. The van der Waals surface area contributed by atoms with Gasteiger partial charge >= 0.3 is 0 Å². The second-order valence-corrected chi connectivity index (χ2v) is 8.90. The number of aromatic nitrogens is 2. The lowest BCUT2D eigenvalue weighted by Gasteiger charge is -2.14. The molecule has 3 rings (SSSR count). The minimum Gasteiger partial charge on any atom is -0.370 e. The van der Waals surface area contributed by atoms with Gasteiger partial charge in [0.1, 0.15) is 5.82 Å². The minimum absolute atomic E-state index is 0.319. The van der Waals surface area contributed by atoms with E-state index in [1.54, 1.807) is 24.3 Å². The predicted molar refractivity (Wildman–Crippen MR) is 122 cm³/mol. The molecule has 30 heavy (non-hydrogen) atoms. The second-order valence-electron chi connectivity index (χ2n) is 7.28. The fourth-order valence-corrected chi connectivity index (χ4v) is 4.96. The van der Waals surface area contributed by atoms with Crippen molar-refractivity contribution in [2.75, 3.05) is 21.9 Å². The molecular formula is C22H27N5O2S. The fraction of sp³-hybridized carbons (Fsp3) is 0.273. The Kier molecular flexibility index (Phi) is 6.26. The number of aryl methyl sites for hydroxylation is 4. The summed E-state index contributed by atoms with van der Waals surface area (Å²) in [5.74, 6) is 1.23. The van der Waals surface area contributed by atoms with Gasteiger partial charge in [0.05, 0.1) is 4.90 Å². The van der Waals surface area contributed by atoms with Crippen molar-refractivity contribution in [3.63, 3.8) is 0 Å². The van der Waals surface area contributed by atoms with E-state index in [4.69, 9.17) is 0 Å². The highest BCUT2D eigenvalue weighted by molar-refractivity contribution is 7.92. The molecule has 0 amide bonds. The van der Waals surface area contributed by atoms with E-state index >= 15 is 0 Å². The molecule has 0 aliphatic carbocycles. The Morgan fingerprint density at radius 1 is 0.867 bits per heavy atom. The van der Waals surface area contributed by atoms with Gasteiger partial charge in [-0.1, -0.05) is 17.7 Å². The van der Waals surface area contributed by atoms with Crippen molar-refractivity contribution in [3.8, 4) is 0 Å². The Labute approximate surface area is 178 Å². The molecule has 0 atom stereocenters. The zero-order valence-electron chi connectivity index (χ0n) is 17.9. The molecule has 0 unspecified atom stereocenters. The van der Waals surface area contributed by atoms with E-state index in [0.29, 0.717) is 16.5 Å². The summed E-state index contributed by atoms with van der Waals surface area (Å²) in [6.07, 6.45) is 0. The summed E-state index contributed by atoms with van der Waals surface area (Å²) in [4.78, 5) is 9.13. The van der Waals surface area contributed by atoms with E-state index in [0.717, 1.165) is 40.4 Å². The van der Waals surface area contributed by atoms with E-state index in [9.17, 15) is 8.42 Å². The van der Waals surface area contributed by atoms with Crippen LogP contribution in [0.25, 0.3) is 0 Å². The quantitative estimate of drug-likeness (QED) is 0.508. The molecule has 0 aliphatic heterocycles. The van der Waals surface area contributed by atoms with Crippen molar-refractivity contribution in [1.29, 1.82) is 0 Å². The first kappa shape index (κ1) is 21.6. The molecule has 0 bridgehead atoms. The number of anilines is 4. The molecule has 0 fully saturated rings. The molecule has 2 aromatic carbocycles. The smallest absolute Gasteiger partial charge is 0.262 e. The lowest BCUT2D eigenvalue weighted by atomic mass is 10.1. The SMILES string of the molecule is CCNc1cc(C)nc(Nc2ccc(NS(=O)(=O)c3c(C)cc(C)cc3C)cc2)n1. The van der Waals surface area contributed by atoms with Gasteiger partial charge in [0, 0.05) is 29.7 Å². The Morgan fingerprint density at radius 2 is 1.47 bits per heavy atom. The van der Waals surface area contributed by atoms with Gasteiger partial charge < -0.3 is 10.6 Å². The largest absolute Gasteiger partial charge is 0.370 e. The van der Waals surface area contributed by atoms with Crippen LogP contribution in [0.4, 0.5) is 23.1 Å². The summed E-state index contributed by atoms with van der Waals surface area (Å²) in [5.41, 5.74) is 4.58. The number of nitrogens with one attached hydrogen (secondary N) is 3. The van der Waals surface area contributed by atoms with Crippen molar-refractivity contribution in [1.82, 2.24) is 9.97 Å². The molecule has 158 valence electrons. The average Bonchev–Trinajstić information content (AvgIpc) is 2.61. The molecular weight excluding hydrogens is 398 g/mol. The summed E-state index contributed by atoms with van der Waals surface area (Å²) >= 11 is 0.